The topological polar surface area (TPSA) is 53.4 Å². The summed E-state index contributed by atoms with van der Waals surface area (Å²) in [7, 11) is 0. The molecule has 1 N–H and O–H groups in total. The maximum Gasteiger partial charge on any atom is 0.323 e. The van der Waals surface area contributed by atoms with Gasteiger partial charge in [-0.1, -0.05) is 6.92 Å². The van der Waals surface area contributed by atoms with Gasteiger partial charge in [0.25, 0.3) is 0 Å². The average molecular weight is 242 g/mol. The van der Waals surface area contributed by atoms with Gasteiger partial charge < -0.3 is 5.11 Å². The lowest BCUT2D eigenvalue weighted by molar-refractivity contribution is -0.149. The van der Waals surface area contributed by atoms with E-state index < -0.39 is 11.5 Å². The second-order valence-electron chi connectivity index (χ2n) is 4.22. The summed E-state index contributed by atoms with van der Waals surface area (Å²) >= 11 is 1.61. The molecule has 0 fully saturated rings. The Morgan fingerprint density at radius 2 is 2.25 bits per heavy atom. The van der Waals surface area contributed by atoms with Gasteiger partial charge >= 0.3 is 5.97 Å². The second kappa shape index (κ2) is 4.93. The molecule has 0 spiro atoms. The molecule has 0 radical (unpaired) electrons. The Morgan fingerprint density at radius 3 is 2.62 bits per heavy atom. The summed E-state index contributed by atoms with van der Waals surface area (Å²) in [5.74, 6) is -0.796. The first-order valence-electron chi connectivity index (χ1n) is 5.27. The van der Waals surface area contributed by atoms with Crippen molar-refractivity contribution < 1.29 is 9.90 Å². The molecule has 5 heteroatoms. The van der Waals surface area contributed by atoms with Crippen LogP contribution in [0, 0.1) is 6.92 Å². The molecule has 1 aromatic rings. The zero-order valence-electron chi connectivity index (χ0n) is 10.1. The molecule has 0 aliphatic rings. The van der Waals surface area contributed by atoms with Gasteiger partial charge in [-0.25, -0.2) is 4.98 Å². The van der Waals surface area contributed by atoms with Crippen LogP contribution in [0.3, 0.4) is 0 Å². The van der Waals surface area contributed by atoms with Crippen molar-refractivity contribution in [3.8, 4) is 0 Å². The summed E-state index contributed by atoms with van der Waals surface area (Å²) in [5, 5.41) is 10.2. The van der Waals surface area contributed by atoms with Crippen LogP contribution in [-0.4, -0.2) is 33.0 Å². The van der Waals surface area contributed by atoms with Crippen molar-refractivity contribution in [1.29, 1.82) is 0 Å². The van der Waals surface area contributed by atoms with Crippen LogP contribution >= 0.6 is 11.3 Å². The summed E-state index contributed by atoms with van der Waals surface area (Å²) < 4.78 is 0. The van der Waals surface area contributed by atoms with E-state index in [9.17, 15) is 9.90 Å². The monoisotopic (exact) mass is 242 g/mol. The maximum atomic E-state index is 11.2. The number of aryl methyl sites for hydroxylation is 1. The lowest BCUT2D eigenvalue weighted by Gasteiger charge is -2.33. The molecule has 1 heterocycles. The lowest BCUT2D eigenvalue weighted by Crippen LogP contribution is -2.49. The molecule has 0 aromatic carbocycles. The lowest BCUT2D eigenvalue weighted by atomic mass is 10.0. The van der Waals surface area contributed by atoms with Gasteiger partial charge in [-0.05, 0) is 27.3 Å². The molecule has 1 aromatic heterocycles. The van der Waals surface area contributed by atoms with Crippen LogP contribution in [0.1, 0.15) is 30.7 Å². The number of carboxylic acid groups (broad SMARTS) is 1. The predicted octanol–water partition coefficient (Wildman–Crippen LogP) is 2.14. The summed E-state index contributed by atoms with van der Waals surface area (Å²) in [6.07, 6.45) is 1.82. The molecule has 4 nitrogen and oxygen atoms in total. The fourth-order valence-corrected chi connectivity index (χ4v) is 2.32. The van der Waals surface area contributed by atoms with E-state index in [-0.39, 0.29) is 0 Å². The van der Waals surface area contributed by atoms with Gasteiger partial charge in [0.1, 0.15) is 5.54 Å². The third kappa shape index (κ3) is 2.80. The van der Waals surface area contributed by atoms with E-state index in [0.717, 1.165) is 9.88 Å². The number of thiazole rings is 1. The van der Waals surface area contributed by atoms with Gasteiger partial charge in [-0.15, -0.1) is 11.3 Å². The Bertz CT molecular complexity index is 374. The van der Waals surface area contributed by atoms with Gasteiger partial charge in [0, 0.05) is 17.6 Å². The van der Waals surface area contributed by atoms with Crippen molar-refractivity contribution in [2.45, 2.75) is 39.8 Å². The molecular weight excluding hydrogens is 224 g/mol. The number of carboxylic acids is 1. The summed E-state index contributed by atoms with van der Waals surface area (Å²) in [6, 6.07) is 0. The number of hydrogen-bond acceptors (Lipinski definition) is 4. The standard InChI is InChI=1S/C11H18N2O2S/c1-5-13(11(3,4)10(14)15)7-9-6-12-8(2)16-9/h6H,5,7H2,1-4H3,(H,14,15). The van der Waals surface area contributed by atoms with E-state index in [0.29, 0.717) is 13.1 Å². The number of carbonyl (C=O) groups is 1. The molecule has 1 rings (SSSR count). The van der Waals surface area contributed by atoms with E-state index >= 15 is 0 Å². The van der Waals surface area contributed by atoms with Gasteiger partial charge in [0.2, 0.25) is 0 Å². The molecule has 0 saturated heterocycles. The van der Waals surface area contributed by atoms with Crippen LogP contribution in [-0.2, 0) is 11.3 Å². The Labute approximate surface area is 99.9 Å². The normalized spacial score (nSPS) is 12.1. The van der Waals surface area contributed by atoms with Crippen LogP contribution in [0.25, 0.3) is 0 Å². The van der Waals surface area contributed by atoms with E-state index in [1.54, 1.807) is 25.2 Å². The number of aliphatic carboxylic acids is 1. The highest BCUT2D eigenvalue weighted by Gasteiger charge is 2.33. The number of likely N-dealkylation sites (N-methyl/N-ethyl adjacent to an activating group) is 1. The summed E-state index contributed by atoms with van der Waals surface area (Å²) in [4.78, 5) is 18.4. The Kier molecular flexibility index (Phi) is 4.04. The first-order chi connectivity index (χ1) is 7.37. The zero-order valence-corrected chi connectivity index (χ0v) is 11.0. The molecular formula is C11H18N2O2S. The van der Waals surface area contributed by atoms with Crippen LogP contribution < -0.4 is 0 Å². The molecule has 0 amide bonds. The first kappa shape index (κ1) is 13.1. The second-order valence-corrected chi connectivity index (χ2v) is 5.54. The van der Waals surface area contributed by atoms with E-state index in [1.807, 2.05) is 24.9 Å². The smallest absolute Gasteiger partial charge is 0.323 e. The third-order valence-corrected chi connectivity index (χ3v) is 3.61. The molecule has 0 aliphatic carbocycles. The van der Waals surface area contributed by atoms with Gasteiger partial charge in [-0.2, -0.15) is 0 Å². The van der Waals surface area contributed by atoms with E-state index in [1.165, 1.54) is 0 Å². The zero-order chi connectivity index (χ0) is 12.3. The van der Waals surface area contributed by atoms with E-state index in [4.69, 9.17) is 0 Å². The maximum absolute atomic E-state index is 11.2. The minimum absolute atomic E-state index is 0.640. The minimum Gasteiger partial charge on any atom is -0.480 e. The highest BCUT2D eigenvalue weighted by atomic mass is 32.1. The van der Waals surface area contributed by atoms with Crippen molar-refractivity contribution in [3.05, 3.63) is 16.1 Å². The van der Waals surface area contributed by atoms with Crippen molar-refractivity contribution >= 4 is 17.3 Å². The largest absolute Gasteiger partial charge is 0.480 e. The van der Waals surface area contributed by atoms with E-state index in [2.05, 4.69) is 4.98 Å². The van der Waals surface area contributed by atoms with Crippen molar-refractivity contribution in [1.82, 2.24) is 9.88 Å². The third-order valence-electron chi connectivity index (χ3n) is 2.71. The van der Waals surface area contributed by atoms with Crippen molar-refractivity contribution in [2.24, 2.45) is 0 Å². The molecule has 0 aliphatic heterocycles. The minimum atomic E-state index is -0.841. The average Bonchev–Trinajstić information content (AvgIpc) is 2.60. The van der Waals surface area contributed by atoms with Gasteiger partial charge in [-0.3, -0.25) is 9.69 Å². The first-order valence-corrected chi connectivity index (χ1v) is 6.09. The quantitative estimate of drug-likeness (QED) is 0.859. The number of nitrogens with zero attached hydrogens (tertiary/aromatic N) is 2. The van der Waals surface area contributed by atoms with Crippen LogP contribution in [0.5, 0.6) is 0 Å². The molecule has 16 heavy (non-hydrogen) atoms. The Balaban J connectivity index is 2.80. The summed E-state index contributed by atoms with van der Waals surface area (Å²) in [6.45, 7) is 8.72. The number of hydrogen-bond donors (Lipinski definition) is 1. The Hall–Kier alpha value is -0.940. The SMILES string of the molecule is CCN(Cc1cnc(C)s1)C(C)(C)C(=O)O. The fraction of sp³-hybridized carbons (Fsp3) is 0.636. The fourth-order valence-electron chi connectivity index (χ4n) is 1.51. The highest BCUT2D eigenvalue weighted by Crippen LogP contribution is 2.21. The van der Waals surface area contributed by atoms with Crippen LogP contribution in [0.2, 0.25) is 0 Å². The predicted molar refractivity (Wildman–Crippen MR) is 64.6 cm³/mol. The number of aromatic nitrogens is 1. The van der Waals surface area contributed by atoms with Crippen LogP contribution in [0.4, 0.5) is 0 Å². The number of rotatable bonds is 5. The molecule has 0 unspecified atom stereocenters. The molecule has 90 valence electrons. The Morgan fingerprint density at radius 1 is 1.62 bits per heavy atom. The van der Waals surface area contributed by atoms with Crippen molar-refractivity contribution in [3.63, 3.8) is 0 Å². The molecule has 0 atom stereocenters. The van der Waals surface area contributed by atoms with Crippen molar-refractivity contribution in [2.75, 3.05) is 6.54 Å². The van der Waals surface area contributed by atoms with Crippen LogP contribution in [0.15, 0.2) is 6.20 Å². The summed E-state index contributed by atoms with van der Waals surface area (Å²) in [5.41, 5.74) is -0.841. The molecule has 0 saturated carbocycles. The van der Waals surface area contributed by atoms with Gasteiger partial charge in [0.05, 0.1) is 5.01 Å². The van der Waals surface area contributed by atoms with Gasteiger partial charge in [0.15, 0.2) is 0 Å². The molecule has 0 bridgehead atoms. The highest BCUT2D eigenvalue weighted by molar-refractivity contribution is 7.11.